The Hall–Kier alpha value is -2.14. The van der Waals surface area contributed by atoms with Crippen LogP contribution in [-0.2, 0) is 6.54 Å². The van der Waals surface area contributed by atoms with Crippen LogP contribution in [0, 0.1) is 6.92 Å². The molecule has 2 rings (SSSR count). The number of nitrogens with two attached hydrogens (primary N) is 1. The van der Waals surface area contributed by atoms with Gasteiger partial charge >= 0.3 is 0 Å². The molecule has 0 fully saturated rings. The summed E-state index contributed by atoms with van der Waals surface area (Å²) in [6.07, 6.45) is 0. The van der Waals surface area contributed by atoms with Gasteiger partial charge in [-0.1, -0.05) is 23.7 Å². The smallest absolute Gasteiger partial charge is 0.255 e. The summed E-state index contributed by atoms with van der Waals surface area (Å²) in [6, 6.07) is 8.02. The highest BCUT2D eigenvalue weighted by atomic mass is 35.5. The highest BCUT2D eigenvalue weighted by molar-refractivity contribution is 6.29. The molecule has 0 aliphatic heterocycles. The molecule has 1 aromatic heterocycles. The molecule has 19 heavy (non-hydrogen) atoms. The van der Waals surface area contributed by atoms with Gasteiger partial charge in [-0.3, -0.25) is 14.2 Å². The Balaban J connectivity index is 2.31. The third-order valence-corrected chi connectivity index (χ3v) is 2.94. The minimum Gasteiger partial charge on any atom is -0.366 e. The summed E-state index contributed by atoms with van der Waals surface area (Å²) >= 11 is 5.71. The van der Waals surface area contributed by atoms with Gasteiger partial charge in [-0.2, -0.15) is 0 Å². The summed E-state index contributed by atoms with van der Waals surface area (Å²) in [5.74, 6) is 0.0598. The van der Waals surface area contributed by atoms with Gasteiger partial charge in [0.25, 0.3) is 5.56 Å². The molecule has 5 nitrogen and oxygen atoms in total. The number of hydrogen-bond donors (Lipinski definition) is 1. The van der Waals surface area contributed by atoms with Crippen molar-refractivity contribution in [1.82, 2.24) is 9.55 Å². The van der Waals surface area contributed by atoms with Crippen LogP contribution in [0.2, 0.25) is 5.15 Å². The van der Waals surface area contributed by atoms with E-state index in [1.54, 1.807) is 31.2 Å². The van der Waals surface area contributed by atoms with E-state index < -0.39 is 5.91 Å². The molecule has 0 saturated heterocycles. The number of benzene rings is 1. The van der Waals surface area contributed by atoms with Gasteiger partial charge in [0.15, 0.2) is 0 Å². The molecule has 2 N–H and O–H groups in total. The topological polar surface area (TPSA) is 78.0 Å². The monoisotopic (exact) mass is 277 g/mol. The Kier molecular flexibility index (Phi) is 3.66. The van der Waals surface area contributed by atoms with Gasteiger partial charge in [-0.25, -0.2) is 4.98 Å². The number of halogens is 1. The molecule has 0 radical (unpaired) electrons. The lowest BCUT2D eigenvalue weighted by Gasteiger charge is -2.09. The molecule has 1 aromatic carbocycles. The first kappa shape index (κ1) is 13.3. The van der Waals surface area contributed by atoms with E-state index in [1.807, 2.05) is 0 Å². The number of rotatable bonds is 3. The van der Waals surface area contributed by atoms with Crippen molar-refractivity contribution in [3.63, 3.8) is 0 Å². The van der Waals surface area contributed by atoms with Crippen molar-refractivity contribution < 1.29 is 4.79 Å². The molecule has 0 aliphatic carbocycles. The predicted octanol–water partition coefficient (Wildman–Crippen LogP) is 1.35. The van der Waals surface area contributed by atoms with E-state index in [0.29, 0.717) is 17.9 Å². The van der Waals surface area contributed by atoms with Gasteiger partial charge in [0.1, 0.15) is 11.0 Å². The molecule has 1 amide bonds. The Labute approximate surface area is 114 Å². The fraction of sp³-hybridized carbons (Fsp3) is 0.154. The van der Waals surface area contributed by atoms with Crippen molar-refractivity contribution in [2.45, 2.75) is 13.5 Å². The molecule has 6 heteroatoms. The van der Waals surface area contributed by atoms with Crippen LogP contribution in [0.4, 0.5) is 0 Å². The maximum Gasteiger partial charge on any atom is 0.255 e. The second-order valence-corrected chi connectivity index (χ2v) is 4.50. The molecule has 0 bridgehead atoms. The number of hydrogen-bond acceptors (Lipinski definition) is 3. The molecule has 0 unspecified atom stereocenters. The van der Waals surface area contributed by atoms with Crippen LogP contribution >= 0.6 is 11.6 Å². The van der Waals surface area contributed by atoms with E-state index in [0.717, 1.165) is 5.56 Å². The van der Waals surface area contributed by atoms with Gasteiger partial charge in [0.2, 0.25) is 5.91 Å². The number of amides is 1. The average Bonchev–Trinajstić information content (AvgIpc) is 2.34. The Morgan fingerprint density at radius 2 is 2.00 bits per heavy atom. The molecule has 1 heterocycles. The zero-order valence-corrected chi connectivity index (χ0v) is 11.0. The number of aryl methyl sites for hydroxylation is 1. The van der Waals surface area contributed by atoms with Crippen LogP contribution in [-0.4, -0.2) is 15.5 Å². The lowest BCUT2D eigenvalue weighted by atomic mass is 10.1. The quantitative estimate of drug-likeness (QED) is 0.860. The first-order valence-electron chi connectivity index (χ1n) is 5.60. The number of carbonyl (C=O) groups excluding carboxylic acids is 1. The lowest BCUT2D eigenvalue weighted by Crippen LogP contribution is -2.23. The van der Waals surface area contributed by atoms with Crippen LogP contribution in [0.5, 0.6) is 0 Å². The van der Waals surface area contributed by atoms with Crippen LogP contribution in [0.1, 0.15) is 21.7 Å². The molecular formula is C13H12ClN3O2. The average molecular weight is 278 g/mol. The SMILES string of the molecule is Cc1nc(Cl)cc(=O)n1Cc1ccc(C(N)=O)cc1. The molecule has 0 spiro atoms. The highest BCUT2D eigenvalue weighted by Crippen LogP contribution is 2.07. The van der Waals surface area contributed by atoms with Gasteiger partial charge in [0.05, 0.1) is 6.54 Å². The van der Waals surface area contributed by atoms with E-state index in [1.165, 1.54) is 10.6 Å². The third-order valence-electron chi connectivity index (χ3n) is 2.75. The van der Waals surface area contributed by atoms with Crippen LogP contribution in [0.25, 0.3) is 0 Å². The largest absolute Gasteiger partial charge is 0.366 e. The van der Waals surface area contributed by atoms with Crippen molar-refractivity contribution in [2.24, 2.45) is 5.73 Å². The lowest BCUT2D eigenvalue weighted by molar-refractivity contribution is 0.100. The minimum absolute atomic E-state index is 0.183. The first-order chi connectivity index (χ1) is 8.97. The van der Waals surface area contributed by atoms with Gasteiger partial charge < -0.3 is 5.73 Å². The van der Waals surface area contributed by atoms with Gasteiger partial charge in [0, 0.05) is 11.6 Å². The second-order valence-electron chi connectivity index (χ2n) is 4.11. The summed E-state index contributed by atoms with van der Waals surface area (Å²) in [7, 11) is 0. The zero-order chi connectivity index (χ0) is 14.0. The summed E-state index contributed by atoms with van der Waals surface area (Å²) in [6.45, 7) is 2.08. The standard InChI is InChI=1S/C13H12ClN3O2/c1-8-16-11(14)6-12(18)17(8)7-9-2-4-10(5-3-9)13(15)19/h2-6H,7H2,1H3,(H2,15,19). The van der Waals surface area contributed by atoms with Crippen LogP contribution in [0.15, 0.2) is 35.1 Å². The minimum atomic E-state index is -0.479. The van der Waals surface area contributed by atoms with Crippen molar-refractivity contribution in [1.29, 1.82) is 0 Å². The first-order valence-corrected chi connectivity index (χ1v) is 5.98. The maximum absolute atomic E-state index is 11.8. The number of primary amides is 1. The van der Waals surface area contributed by atoms with E-state index in [9.17, 15) is 9.59 Å². The van der Waals surface area contributed by atoms with Gasteiger partial charge in [-0.15, -0.1) is 0 Å². The summed E-state index contributed by atoms with van der Waals surface area (Å²) < 4.78 is 1.51. The fourth-order valence-corrected chi connectivity index (χ4v) is 1.95. The molecule has 0 aliphatic rings. The Bertz CT molecular complexity index is 677. The predicted molar refractivity (Wildman–Crippen MR) is 72.3 cm³/mol. The number of nitrogens with zero attached hydrogens (tertiary/aromatic N) is 2. The third kappa shape index (κ3) is 3.00. The van der Waals surface area contributed by atoms with Crippen molar-refractivity contribution in [3.8, 4) is 0 Å². The Morgan fingerprint density at radius 3 is 2.53 bits per heavy atom. The van der Waals surface area contributed by atoms with E-state index in [2.05, 4.69) is 4.98 Å². The summed E-state index contributed by atoms with van der Waals surface area (Å²) in [4.78, 5) is 26.8. The van der Waals surface area contributed by atoms with Crippen LogP contribution in [0.3, 0.4) is 0 Å². The van der Waals surface area contributed by atoms with E-state index in [4.69, 9.17) is 17.3 Å². The second kappa shape index (κ2) is 5.24. The molecule has 98 valence electrons. The van der Waals surface area contributed by atoms with Crippen molar-refractivity contribution in [3.05, 3.63) is 62.8 Å². The molecule has 2 aromatic rings. The van der Waals surface area contributed by atoms with Crippen molar-refractivity contribution in [2.75, 3.05) is 0 Å². The summed E-state index contributed by atoms with van der Waals surface area (Å²) in [5, 5.41) is 0.183. The maximum atomic E-state index is 11.8. The number of carbonyl (C=O) groups is 1. The summed E-state index contributed by atoms with van der Waals surface area (Å²) in [5.41, 5.74) is 6.26. The van der Waals surface area contributed by atoms with E-state index >= 15 is 0 Å². The molecular weight excluding hydrogens is 266 g/mol. The molecule has 0 atom stereocenters. The zero-order valence-electron chi connectivity index (χ0n) is 10.3. The number of aromatic nitrogens is 2. The normalized spacial score (nSPS) is 10.4. The van der Waals surface area contributed by atoms with Crippen LogP contribution < -0.4 is 11.3 Å². The van der Waals surface area contributed by atoms with Crippen molar-refractivity contribution >= 4 is 17.5 Å². The molecule has 0 saturated carbocycles. The fourth-order valence-electron chi connectivity index (χ4n) is 1.74. The highest BCUT2D eigenvalue weighted by Gasteiger charge is 2.05. The Morgan fingerprint density at radius 1 is 1.37 bits per heavy atom. The van der Waals surface area contributed by atoms with Gasteiger partial charge in [-0.05, 0) is 24.6 Å². The van der Waals surface area contributed by atoms with E-state index in [-0.39, 0.29) is 10.7 Å².